The molecule has 0 unspecified atom stereocenters. The highest BCUT2D eigenvalue weighted by atomic mass is 19.1. The van der Waals surface area contributed by atoms with Crippen LogP contribution < -0.4 is 16.6 Å². The Morgan fingerprint density at radius 3 is 2.38 bits per heavy atom. The third-order valence-corrected chi connectivity index (χ3v) is 5.02. The lowest BCUT2D eigenvalue weighted by Crippen LogP contribution is -2.46. The summed E-state index contributed by atoms with van der Waals surface area (Å²) in [6.07, 6.45) is 1.18. The summed E-state index contributed by atoms with van der Waals surface area (Å²) in [7, 11) is 0. The molecule has 10 nitrogen and oxygen atoms in total. The van der Waals surface area contributed by atoms with E-state index in [1.807, 2.05) is 20.8 Å². The molecule has 34 heavy (non-hydrogen) atoms. The van der Waals surface area contributed by atoms with Gasteiger partial charge in [0.2, 0.25) is 17.6 Å². The first-order chi connectivity index (χ1) is 15.9. The summed E-state index contributed by atoms with van der Waals surface area (Å²) in [5.41, 5.74) is 4.89. The standard InChI is InChI=1S/C23H27FN6O4/c1-12(2)17(18(32)20-28-29-22(34-20)23(3,4)5)27-16(31)11-30-19(26-10-15(25)21(30)33)13-6-8-14(24)9-7-13/h6-10,12,17H,11,25H2,1-5H3,(H,27,31)/t17-/m1/s1. The fourth-order valence-corrected chi connectivity index (χ4v) is 3.14. The topological polar surface area (TPSA) is 146 Å². The number of anilines is 1. The molecule has 0 bridgehead atoms. The van der Waals surface area contributed by atoms with Gasteiger partial charge in [-0.05, 0) is 30.2 Å². The zero-order valence-corrected chi connectivity index (χ0v) is 19.6. The fourth-order valence-electron chi connectivity index (χ4n) is 3.14. The van der Waals surface area contributed by atoms with Crippen molar-refractivity contribution in [3.63, 3.8) is 0 Å². The number of nitrogens with zero attached hydrogens (tertiary/aromatic N) is 4. The minimum atomic E-state index is -0.972. The fraction of sp³-hybridized carbons (Fsp3) is 0.391. The summed E-state index contributed by atoms with van der Waals surface area (Å²) < 4.78 is 19.9. The van der Waals surface area contributed by atoms with Crippen LogP contribution in [0.4, 0.5) is 10.1 Å². The van der Waals surface area contributed by atoms with E-state index in [9.17, 15) is 18.8 Å². The lowest BCUT2D eigenvalue weighted by atomic mass is 9.97. The van der Waals surface area contributed by atoms with Gasteiger partial charge in [0.1, 0.15) is 23.9 Å². The Labute approximate surface area is 195 Å². The van der Waals surface area contributed by atoms with Crippen LogP contribution in [0.5, 0.6) is 0 Å². The Morgan fingerprint density at radius 1 is 1.18 bits per heavy atom. The first-order valence-electron chi connectivity index (χ1n) is 10.7. The second-order valence-corrected chi connectivity index (χ2v) is 9.25. The average molecular weight is 471 g/mol. The van der Waals surface area contributed by atoms with Gasteiger partial charge in [-0.3, -0.25) is 19.0 Å². The van der Waals surface area contributed by atoms with Crippen LogP contribution in [0.1, 0.15) is 51.2 Å². The first kappa shape index (κ1) is 24.7. The Bertz CT molecular complexity index is 1260. The number of nitrogens with two attached hydrogens (primary N) is 1. The van der Waals surface area contributed by atoms with Gasteiger partial charge in [0.25, 0.3) is 11.4 Å². The van der Waals surface area contributed by atoms with Gasteiger partial charge < -0.3 is 15.5 Å². The normalized spacial score (nSPS) is 12.6. The molecule has 0 aliphatic carbocycles. The molecule has 0 radical (unpaired) electrons. The maximum atomic E-state index is 13.3. The number of benzene rings is 1. The van der Waals surface area contributed by atoms with Gasteiger partial charge in [-0.15, -0.1) is 10.2 Å². The van der Waals surface area contributed by atoms with E-state index in [1.54, 1.807) is 13.8 Å². The number of carbonyl (C=O) groups excluding carboxylic acids is 2. The summed E-state index contributed by atoms with van der Waals surface area (Å²) in [6.45, 7) is 8.65. The molecular weight excluding hydrogens is 443 g/mol. The van der Waals surface area contributed by atoms with E-state index in [2.05, 4.69) is 20.5 Å². The number of nitrogen functional groups attached to an aromatic ring is 1. The van der Waals surface area contributed by atoms with Crippen molar-refractivity contribution in [2.45, 2.75) is 52.6 Å². The molecule has 0 aliphatic heterocycles. The van der Waals surface area contributed by atoms with E-state index in [-0.39, 0.29) is 23.3 Å². The van der Waals surface area contributed by atoms with Crippen LogP contribution in [0.25, 0.3) is 11.4 Å². The van der Waals surface area contributed by atoms with Crippen molar-refractivity contribution >= 4 is 17.4 Å². The summed E-state index contributed by atoms with van der Waals surface area (Å²) in [5, 5.41) is 10.4. The number of amides is 1. The number of Topliss-reactive ketones (excluding diaryl/α,β-unsaturated/α-hetero) is 1. The number of aromatic nitrogens is 4. The van der Waals surface area contributed by atoms with Crippen molar-refractivity contribution in [1.82, 2.24) is 25.1 Å². The lowest BCUT2D eigenvalue weighted by molar-refractivity contribution is -0.122. The molecule has 2 aromatic heterocycles. The SMILES string of the molecule is CC(C)[C@@H](NC(=O)Cn1c(-c2ccc(F)cc2)ncc(N)c1=O)C(=O)c1nnc(C(C)(C)C)o1. The molecule has 3 rings (SSSR count). The smallest absolute Gasteiger partial charge is 0.286 e. The number of hydrogen-bond donors (Lipinski definition) is 2. The van der Waals surface area contributed by atoms with Crippen LogP contribution in [-0.2, 0) is 16.8 Å². The number of carbonyl (C=O) groups is 2. The highest BCUT2D eigenvalue weighted by Gasteiger charge is 2.31. The van der Waals surface area contributed by atoms with E-state index in [4.69, 9.17) is 10.2 Å². The summed E-state index contributed by atoms with van der Waals surface area (Å²) >= 11 is 0. The van der Waals surface area contributed by atoms with Gasteiger partial charge in [0, 0.05) is 11.0 Å². The van der Waals surface area contributed by atoms with Gasteiger partial charge >= 0.3 is 0 Å². The molecule has 0 fully saturated rings. The molecule has 2 heterocycles. The molecular formula is C23H27FN6O4. The van der Waals surface area contributed by atoms with Crippen molar-refractivity contribution in [1.29, 1.82) is 0 Å². The first-order valence-corrected chi connectivity index (χ1v) is 10.7. The molecule has 1 atom stereocenters. The Hall–Kier alpha value is -3.89. The molecule has 1 aromatic carbocycles. The number of rotatable bonds is 7. The van der Waals surface area contributed by atoms with Gasteiger partial charge in [-0.2, -0.15) is 0 Å². The quantitative estimate of drug-likeness (QED) is 0.500. The van der Waals surface area contributed by atoms with E-state index in [0.29, 0.717) is 11.5 Å². The third kappa shape index (κ3) is 5.36. The van der Waals surface area contributed by atoms with Crippen LogP contribution in [0.2, 0.25) is 0 Å². The summed E-state index contributed by atoms with van der Waals surface area (Å²) in [5.74, 6) is -1.71. The maximum Gasteiger partial charge on any atom is 0.286 e. The molecule has 0 saturated carbocycles. The lowest BCUT2D eigenvalue weighted by Gasteiger charge is -2.20. The van der Waals surface area contributed by atoms with E-state index < -0.39 is 41.1 Å². The predicted octanol–water partition coefficient (Wildman–Crippen LogP) is 2.34. The highest BCUT2D eigenvalue weighted by Crippen LogP contribution is 2.21. The van der Waals surface area contributed by atoms with Crippen molar-refractivity contribution in [2.75, 3.05) is 5.73 Å². The average Bonchev–Trinajstić information content (AvgIpc) is 3.27. The maximum absolute atomic E-state index is 13.3. The summed E-state index contributed by atoms with van der Waals surface area (Å²) in [4.78, 5) is 42.7. The Balaban J connectivity index is 1.87. The second-order valence-electron chi connectivity index (χ2n) is 9.25. The van der Waals surface area contributed by atoms with E-state index in [1.165, 1.54) is 30.5 Å². The predicted molar refractivity (Wildman–Crippen MR) is 122 cm³/mol. The van der Waals surface area contributed by atoms with Crippen LogP contribution >= 0.6 is 0 Å². The molecule has 0 saturated heterocycles. The molecule has 1 amide bonds. The van der Waals surface area contributed by atoms with Crippen LogP contribution in [0, 0.1) is 11.7 Å². The summed E-state index contributed by atoms with van der Waals surface area (Å²) in [6, 6.07) is 4.33. The molecule has 11 heteroatoms. The van der Waals surface area contributed by atoms with Crippen molar-refractivity contribution in [3.8, 4) is 11.4 Å². The van der Waals surface area contributed by atoms with Gasteiger partial charge in [0.05, 0.1) is 12.2 Å². The zero-order chi connectivity index (χ0) is 25.2. The third-order valence-electron chi connectivity index (χ3n) is 5.02. The van der Waals surface area contributed by atoms with Crippen molar-refractivity contribution in [3.05, 3.63) is 58.4 Å². The number of hydrogen-bond acceptors (Lipinski definition) is 8. The monoisotopic (exact) mass is 470 g/mol. The molecule has 3 aromatic rings. The molecule has 0 aliphatic rings. The van der Waals surface area contributed by atoms with Crippen LogP contribution in [-0.4, -0.2) is 37.5 Å². The van der Waals surface area contributed by atoms with Gasteiger partial charge in [-0.25, -0.2) is 9.37 Å². The zero-order valence-electron chi connectivity index (χ0n) is 19.6. The Morgan fingerprint density at radius 2 is 1.82 bits per heavy atom. The van der Waals surface area contributed by atoms with Crippen molar-refractivity contribution in [2.24, 2.45) is 5.92 Å². The molecule has 180 valence electrons. The van der Waals surface area contributed by atoms with Crippen LogP contribution in [0.15, 0.2) is 39.7 Å². The molecule has 3 N–H and O–H groups in total. The second kappa shape index (κ2) is 9.54. The van der Waals surface area contributed by atoms with Crippen molar-refractivity contribution < 1.29 is 18.4 Å². The largest absolute Gasteiger partial charge is 0.418 e. The van der Waals surface area contributed by atoms with E-state index in [0.717, 1.165) is 4.57 Å². The minimum absolute atomic E-state index is 0.133. The van der Waals surface area contributed by atoms with Gasteiger partial charge in [-0.1, -0.05) is 34.6 Å². The van der Waals surface area contributed by atoms with E-state index >= 15 is 0 Å². The van der Waals surface area contributed by atoms with Crippen LogP contribution in [0.3, 0.4) is 0 Å². The number of ketones is 1. The number of halogens is 1. The Kier molecular flexibility index (Phi) is 6.94. The highest BCUT2D eigenvalue weighted by molar-refractivity contribution is 5.98. The van der Waals surface area contributed by atoms with Gasteiger partial charge in [0.15, 0.2) is 0 Å². The molecule has 0 spiro atoms. The number of nitrogens with one attached hydrogen (secondary N) is 1. The minimum Gasteiger partial charge on any atom is -0.418 e.